The zero-order chi connectivity index (χ0) is 14.0. The van der Waals surface area contributed by atoms with Gasteiger partial charge >= 0.3 is 11.9 Å². The van der Waals surface area contributed by atoms with Gasteiger partial charge in [-0.25, -0.2) is 9.59 Å². The lowest BCUT2D eigenvalue weighted by Gasteiger charge is -2.29. The van der Waals surface area contributed by atoms with Crippen LogP contribution in [0.15, 0.2) is 23.9 Å². The molecule has 0 atom stereocenters. The molecule has 19 heavy (non-hydrogen) atoms. The average molecular weight is 284 g/mol. The minimum Gasteiger partial charge on any atom is -0.419 e. The highest BCUT2D eigenvalue weighted by atomic mass is 35.5. The summed E-state index contributed by atoms with van der Waals surface area (Å²) < 4.78 is 9.83. The summed E-state index contributed by atoms with van der Waals surface area (Å²) in [4.78, 5) is 23.2. The van der Waals surface area contributed by atoms with Gasteiger partial charge in [0.15, 0.2) is 16.5 Å². The van der Waals surface area contributed by atoms with Crippen LogP contribution in [0.25, 0.3) is 0 Å². The quantitative estimate of drug-likeness (QED) is 0.496. The van der Waals surface area contributed by atoms with Gasteiger partial charge in [0, 0.05) is 20.0 Å². The molecule has 0 aliphatic carbocycles. The Morgan fingerprint density at radius 1 is 1.21 bits per heavy atom. The highest BCUT2D eigenvalue weighted by Gasteiger charge is 2.38. The molecule has 0 aromatic carbocycles. The van der Waals surface area contributed by atoms with Crippen LogP contribution in [0.4, 0.5) is 5.82 Å². The molecule has 100 valence electrons. The third-order valence-corrected chi connectivity index (χ3v) is 2.31. The molecule has 1 aliphatic heterocycles. The van der Waals surface area contributed by atoms with Crippen molar-refractivity contribution in [1.82, 2.24) is 10.2 Å². The van der Waals surface area contributed by atoms with Crippen molar-refractivity contribution in [1.29, 1.82) is 0 Å². The molecule has 7 nitrogen and oxygen atoms in total. The van der Waals surface area contributed by atoms with Crippen molar-refractivity contribution in [3.05, 3.63) is 29.1 Å². The monoisotopic (exact) mass is 283 g/mol. The summed E-state index contributed by atoms with van der Waals surface area (Å²) in [5.74, 6) is -2.47. The fourth-order valence-electron chi connectivity index (χ4n) is 1.32. The van der Waals surface area contributed by atoms with Crippen molar-refractivity contribution in [2.24, 2.45) is 0 Å². The van der Waals surface area contributed by atoms with Gasteiger partial charge < -0.3 is 14.8 Å². The van der Waals surface area contributed by atoms with Crippen LogP contribution >= 0.6 is 11.6 Å². The number of hydrogen-bond donors (Lipinski definition) is 1. The first-order valence-electron chi connectivity index (χ1n) is 5.30. The molecule has 1 N–H and O–H groups in total. The topological polar surface area (TPSA) is 90.4 Å². The van der Waals surface area contributed by atoms with Crippen LogP contribution in [0, 0.1) is 0 Å². The third-order valence-electron chi connectivity index (χ3n) is 2.11. The first-order chi connectivity index (χ1) is 8.87. The van der Waals surface area contributed by atoms with E-state index in [0.29, 0.717) is 5.82 Å². The molecular formula is C11H10ClN3O4. The number of ether oxygens (including phenoxy) is 2. The normalized spacial score (nSPS) is 17.5. The van der Waals surface area contributed by atoms with E-state index >= 15 is 0 Å². The second-order valence-corrected chi connectivity index (χ2v) is 4.51. The number of anilines is 1. The minimum atomic E-state index is -1.26. The van der Waals surface area contributed by atoms with Crippen molar-refractivity contribution < 1.29 is 19.1 Å². The SMILES string of the molecule is CC1(C)OC(=O)C(=CNc2ccc(Cl)nn2)C(=O)O1. The van der Waals surface area contributed by atoms with E-state index in [9.17, 15) is 9.59 Å². The van der Waals surface area contributed by atoms with Crippen molar-refractivity contribution in [2.45, 2.75) is 19.6 Å². The van der Waals surface area contributed by atoms with Gasteiger partial charge in [0.25, 0.3) is 5.79 Å². The summed E-state index contributed by atoms with van der Waals surface area (Å²) in [6.45, 7) is 2.94. The van der Waals surface area contributed by atoms with Crippen molar-refractivity contribution in [3.8, 4) is 0 Å². The van der Waals surface area contributed by atoms with Crippen molar-refractivity contribution in [3.63, 3.8) is 0 Å². The summed E-state index contributed by atoms with van der Waals surface area (Å²) >= 11 is 5.57. The average Bonchev–Trinajstić information content (AvgIpc) is 2.29. The number of carbonyl (C=O) groups excluding carboxylic acids is 2. The van der Waals surface area contributed by atoms with Gasteiger partial charge in [0.2, 0.25) is 0 Å². The van der Waals surface area contributed by atoms with E-state index in [1.54, 1.807) is 0 Å². The van der Waals surface area contributed by atoms with Gasteiger partial charge in [0.05, 0.1) is 0 Å². The molecule has 1 aromatic heterocycles. The third kappa shape index (κ3) is 3.19. The maximum atomic E-state index is 11.6. The molecular weight excluding hydrogens is 274 g/mol. The Labute approximate surface area is 113 Å². The Balaban J connectivity index is 2.13. The minimum absolute atomic E-state index is 0.233. The largest absolute Gasteiger partial charge is 0.419 e. The number of carbonyl (C=O) groups is 2. The second-order valence-electron chi connectivity index (χ2n) is 4.12. The van der Waals surface area contributed by atoms with E-state index in [4.69, 9.17) is 21.1 Å². The fourth-order valence-corrected chi connectivity index (χ4v) is 1.42. The van der Waals surface area contributed by atoms with Crippen LogP contribution in [0.5, 0.6) is 0 Å². The van der Waals surface area contributed by atoms with Gasteiger partial charge in [-0.15, -0.1) is 10.2 Å². The van der Waals surface area contributed by atoms with Gasteiger partial charge in [-0.05, 0) is 12.1 Å². The lowest BCUT2D eigenvalue weighted by Crippen LogP contribution is -2.42. The number of esters is 2. The Morgan fingerprint density at radius 2 is 1.84 bits per heavy atom. The van der Waals surface area contributed by atoms with E-state index in [1.807, 2.05) is 0 Å². The van der Waals surface area contributed by atoms with Crippen LogP contribution in [0.2, 0.25) is 5.15 Å². The van der Waals surface area contributed by atoms with Crippen LogP contribution in [0.1, 0.15) is 13.8 Å². The molecule has 1 aliphatic rings. The zero-order valence-corrected chi connectivity index (χ0v) is 10.9. The van der Waals surface area contributed by atoms with E-state index < -0.39 is 17.7 Å². The zero-order valence-electron chi connectivity index (χ0n) is 10.1. The molecule has 0 unspecified atom stereocenters. The van der Waals surface area contributed by atoms with Crippen LogP contribution < -0.4 is 5.32 Å². The Hall–Kier alpha value is -2.15. The van der Waals surface area contributed by atoms with Gasteiger partial charge in [0.1, 0.15) is 0 Å². The summed E-state index contributed by atoms with van der Waals surface area (Å²) in [7, 11) is 0. The van der Waals surface area contributed by atoms with E-state index in [-0.39, 0.29) is 10.7 Å². The predicted octanol–water partition coefficient (Wildman–Crippen LogP) is 1.26. The maximum Gasteiger partial charge on any atom is 0.350 e. The number of hydrogen-bond acceptors (Lipinski definition) is 7. The van der Waals surface area contributed by atoms with Gasteiger partial charge in [-0.1, -0.05) is 11.6 Å². The number of rotatable bonds is 2. The number of cyclic esters (lactones) is 2. The predicted molar refractivity (Wildman–Crippen MR) is 65.0 cm³/mol. The molecule has 8 heteroatoms. The van der Waals surface area contributed by atoms with E-state index in [0.717, 1.165) is 6.20 Å². The summed E-state index contributed by atoms with van der Waals surface area (Å²) in [6, 6.07) is 3.05. The Bertz CT molecular complexity index is 532. The Kier molecular flexibility index (Phi) is 3.39. The maximum absolute atomic E-state index is 11.6. The van der Waals surface area contributed by atoms with E-state index in [2.05, 4.69) is 15.5 Å². The second kappa shape index (κ2) is 4.85. The first kappa shape index (κ1) is 13.3. The number of nitrogens with one attached hydrogen (secondary N) is 1. The Morgan fingerprint density at radius 3 is 2.37 bits per heavy atom. The molecule has 2 rings (SSSR count). The molecule has 2 heterocycles. The molecule has 0 radical (unpaired) electrons. The van der Waals surface area contributed by atoms with Crippen LogP contribution in [-0.4, -0.2) is 27.9 Å². The lowest BCUT2D eigenvalue weighted by molar-refractivity contribution is -0.222. The number of aromatic nitrogens is 2. The number of nitrogens with zero attached hydrogens (tertiary/aromatic N) is 2. The smallest absolute Gasteiger partial charge is 0.350 e. The van der Waals surface area contributed by atoms with Gasteiger partial charge in [-0.3, -0.25) is 0 Å². The first-order valence-corrected chi connectivity index (χ1v) is 5.68. The van der Waals surface area contributed by atoms with Crippen molar-refractivity contribution >= 4 is 29.4 Å². The standard InChI is InChI=1S/C11H10ClN3O4/c1-11(2)18-9(16)6(10(17)19-11)5-13-8-4-3-7(12)14-15-8/h3-5H,1-2H3,(H,13,15). The summed E-state index contributed by atoms with van der Waals surface area (Å²) in [5.41, 5.74) is -0.254. The summed E-state index contributed by atoms with van der Waals surface area (Å²) in [5, 5.41) is 10.2. The molecule has 1 fully saturated rings. The fraction of sp³-hybridized carbons (Fsp3) is 0.273. The van der Waals surface area contributed by atoms with Crippen LogP contribution in [0.3, 0.4) is 0 Å². The molecule has 0 saturated carbocycles. The molecule has 0 spiro atoms. The lowest BCUT2D eigenvalue weighted by atomic mass is 10.2. The molecule has 0 bridgehead atoms. The number of halogens is 1. The molecule has 0 amide bonds. The van der Waals surface area contributed by atoms with Gasteiger partial charge in [-0.2, -0.15) is 0 Å². The highest BCUT2D eigenvalue weighted by Crippen LogP contribution is 2.22. The molecule has 1 saturated heterocycles. The molecule has 1 aromatic rings. The van der Waals surface area contributed by atoms with E-state index in [1.165, 1.54) is 26.0 Å². The van der Waals surface area contributed by atoms with Crippen molar-refractivity contribution in [2.75, 3.05) is 5.32 Å². The summed E-state index contributed by atoms with van der Waals surface area (Å²) in [6.07, 6.45) is 1.15. The highest BCUT2D eigenvalue weighted by molar-refractivity contribution is 6.29. The van der Waals surface area contributed by atoms with Crippen LogP contribution in [-0.2, 0) is 19.1 Å².